The fourth-order valence-electron chi connectivity index (χ4n) is 1.22. The zero-order valence-corrected chi connectivity index (χ0v) is 7.55. The van der Waals surface area contributed by atoms with Crippen molar-refractivity contribution in [3.63, 3.8) is 0 Å². The Morgan fingerprint density at radius 2 is 1.58 bits per heavy atom. The van der Waals surface area contributed by atoms with Crippen LogP contribution in [0, 0.1) is 0 Å². The fraction of sp³-hybridized carbons (Fsp3) is 0.500. The van der Waals surface area contributed by atoms with Gasteiger partial charge in [-0.3, -0.25) is 0 Å². The molecule has 0 atom stereocenters. The summed E-state index contributed by atoms with van der Waals surface area (Å²) in [6.07, 6.45) is 15.9. The first-order valence-electron chi connectivity index (χ1n) is 4.79. The predicted molar refractivity (Wildman–Crippen MR) is 53.0 cm³/mol. The molecule has 0 aliphatic heterocycles. The Labute approximate surface area is 75.0 Å². The van der Waals surface area contributed by atoms with Crippen molar-refractivity contribution >= 4 is 0 Å². The highest BCUT2D eigenvalue weighted by molar-refractivity contribution is 4.94. The third-order valence-electron chi connectivity index (χ3n) is 1.93. The van der Waals surface area contributed by atoms with Gasteiger partial charge in [-0.25, -0.2) is 0 Å². The zero-order valence-electron chi connectivity index (χ0n) is 7.55. The summed E-state index contributed by atoms with van der Waals surface area (Å²) < 4.78 is 0. The summed E-state index contributed by atoms with van der Waals surface area (Å²) in [6.45, 7) is 0. The van der Waals surface area contributed by atoms with Crippen molar-refractivity contribution in [2.75, 3.05) is 0 Å². The molecule has 0 radical (unpaired) electrons. The number of hydrogen-bond donors (Lipinski definition) is 0. The first kappa shape index (κ1) is 9.13. The van der Waals surface area contributed by atoms with Gasteiger partial charge < -0.3 is 0 Å². The van der Waals surface area contributed by atoms with Gasteiger partial charge >= 0.3 is 0 Å². The summed E-state index contributed by atoms with van der Waals surface area (Å²) in [5.74, 6) is 0. The van der Waals surface area contributed by atoms with Gasteiger partial charge in [-0.05, 0) is 44.3 Å². The molecule has 0 amide bonds. The average molecular weight is 160 g/mol. The van der Waals surface area contributed by atoms with Gasteiger partial charge in [0.1, 0.15) is 0 Å². The van der Waals surface area contributed by atoms with E-state index in [0.717, 1.165) is 12.8 Å². The molecule has 0 spiro atoms. The smallest absolute Gasteiger partial charge is 0.00865 e. The van der Waals surface area contributed by atoms with Crippen LogP contribution in [0.3, 0.4) is 0 Å². The van der Waals surface area contributed by atoms with E-state index in [-0.39, 0.29) is 0 Å². The van der Waals surface area contributed by atoms with Crippen LogP contribution in [0.1, 0.15) is 38.5 Å². The third kappa shape index (κ3) is 4.79. The van der Waals surface area contributed by atoms with Crippen LogP contribution < -0.4 is 0 Å². The molecule has 0 fully saturated rings. The highest BCUT2D eigenvalue weighted by Crippen LogP contribution is 2.04. The molecule has 0 saturated heterocycles. The molecule has 64 valence electrons. The van der Waals surface area contributed by atoms with Crippen molar-refractivity contribution < 1.29 is 0 Å². The van der Waals surface area contributed by atoms with E-state index in [2.05, 4.69) is 29.7 Å². The van der Waals surface area contributed by atoms with Gasteiger partial charge in [-0.1, -0.05) is 30.0 Å². The zero-order chi connectivity index (χ0) is 8.49. The van der Waals surface area contributed by atoms with Crippen LogP contribution in [0.15, 0.2) is 35.8 Å². The molecule has 12 heavy (non-hydrogen) atoms. The van der Waals surface area contributed by atoms with Gasteiger partial charge in [0.2, 0.25) is 0 Å². The molecule has 0 heterocycles. The van der Waals surface area contributed by atoms with Crippen LogP contribution >= 0.6 is 0 Å². The van der Waals surface area contributed by atoms with Gasteiger partial charge in [-0.2, -0.15) is 0 Å². The summed E-state index contributed by atoms with van der Waals surface area (Å²) in [6, 6.07) is 0. The molecule has 0 saturated carbocycles. The normalized spacial score (nSPS) is 21.3. The maximum Gasteiger partial charge on any atom is -0.00865 e. The van der Waals surface area contributed by atoms with E-state index in [1.807, 2.05) is 6.08 Å². The first-order chi connectivity index (χ1) is 6.00. The lowest BCUT2D eigenvalue weighted by atomic mass is 10.1. The van der Waals surface area contributed by atoms with Gasteiger partial charge in [0.15, 0.2) is 0 Å². The van der Waals surface area contributed by atoms with E-state index in [0.29, 0.717) is 0 Å². The molecular formula is C12H16. The average Bonchev–Trinajstić information content (AvgIpc) is 2.05. The van der Waals surface area contributed by atoms with E-state index in [4.69, 9.17) is 0 Å². The Balaban J connectivity index is 2.45. The summed E-state index contributed by atoms with van der Waals surface area (Å²) in [7, 11) is 0. The van der Waals surface area contributed by atoms with Crippen molar-refractivity contribution in [3.05, 3.63) is 35.8 Å². The Kier molecular flexibility index (Phi) is 5.12. The SMILES string of the molecule is C1=C=CCCCCC/C=C/CC=1. The molecule has 0 N–H and O–H groups in total. The second-order valence-electron chi connectivity index (χ2n) is 3.04. The van der Waals surface area contributed by atoms with E-state index >= 15 is 0 Å². The van der Waals surface area contributed by atoms with Gasteiger partial charge in [0.25, 0.3) is 0 Å². The van der Waals surface area contributed by atoms with Crippen LogP contribution in [0.2, 0.25) is 0 Å². The monoisotopic (exact) mass is 160 g/mol. The molecule has 0 aromatic heterocycles. The van der Waals surface area contributed by atoms with Crippen LogP contribution in [-0.4, -0.2) is 0 Å². The minimum atomic E-state index is 1.00. The van der Waals surface area contributed by atoms with E-state index in [1.165, 1.54) is 25.7 Å². The van der Waals surface area contributed by atoms with Gasteiger partial charge in [-0.15, -0.1) is 0 Å². The quantitative estimate of drug-likeness (QED) is 0.374. The Morgan fingerprint density at radius 1 is 0.750 bits per heavy atom. The minimum Gasteiger partial charge on any atom is -0.0882 e. The van der Waals surface area contributed by atoms with Gasteiger partial charge in [0.05, 0.1) is 0 Å². The minimum absolute atomic E-state index is 1.00. The topological polar surface area (TPSA) is 0 Å². The summed E-state index contributed by atoms with van der Waals surface area (Å²) in [4.78, 5) is 0. The van der Waals surface area contributed by atoms with Gasteiger partial charge in [0, 0.05) is 0 Å². The number of allylic oxidation sites excluding steroid dienone is 4. The summed E-state index contributed by atoms with van der Waals surface area (Å²) >= 11 is 0. The molecule has 0 unspecified atom stereocenters. The lowest BCUT2D eigenvalue weighted by Crippen LogP contribution is -1.74. The standard InChI is InChI=1S/C12H16/c1-2-4-6-8-10-12-11-9-7-5-3-1/h1-2,5,11H,3-4,6,8,10,12H2/b2-1+,11-5?. The van der Waals surface area contributed by atoms with Crippen molar-refractivity contribution in [2.45, 2.75) is 38.5 Å². The first-order valence-corrected chi connectivity index (χ1v) is 4.79. The molecule has 0 bridgehead atoms. The van der Waals surface area contributed by atoms with Crippen molar-refractivity contribution in [3.8, 4) is 0 Å². The molecule has 0 nitrogen and oxygen atoms in total. The molecular weight excluding hydrogens is 144 g/mol. The molecule has 1 rings (SSSR count). The highest BCUT2D eigenvalue weighted by atomic mass is 13.9. The molecule has 0 aromatic rings. The van der Waals surface area contributed by atoms with E-state index in [9.17, 15) is 0 Å². The number of rotatable bonds is 0. The van der Waals surface area contributed by atoms with Crippen molar-refractivity contribution in [1.82, 2.24) is 0 Å². The summed E-state index contributed by atoms with van der Waals surface area (Å²) in [5.41, 5.74) is 6.06. The third-order valence-corrected chi connectivity index (χ3v) is 1.93. The largest absolute Gasteiger partial charge is 0.0882 e. The second kappa shape index (κ2) is 6.73. The predicted octanol–water partition coefficient (Wildman–Crippen LogP) is 3.76. The molecule has 0 aromatic carbocycles. The number of hydrogen-bond acceptors (Lipinski definition) is 0. The van der Waals surface area contributed by atoms with Crippen LogP contribution in [0.4, 0.5) is 0 Å². The fourth-order valence-corrected chi connectivity index (χ4v) is 1.22. The highest BCUT2D eigenvalue weighted by Gasteiger charge is 1.85. The Morgan fingerprint density at radius 3 is 2.58 bits per heavy atom. The lowest BCUT2D eigenvalue weighted by molar-refractivity contribution is 0.696. The maximum atomic E-state index is 3.04. The summed E-state index contributed by atoms with van der Waals surface area (Å²) in [5, 5.41) is 0. The van der Waals surface area contributed by atoms with Crippen LogP contribution in [0.25, 0.3) is 0 Å². The lowest BCUT2D eigenvalue weighted by Gasteiger charge is -1.94. The van der Waals surface area contributed by atoms with E-state index in [1.54, 1.807) is 0 Å². The Hall–Kier alpha value is -0.960. The van der Waals surface area contributed by atoms with Crippen LogP contribution in [-0.2, 0) is 0 Å². The molecule has 1 aliphatic rings. The van der Waals surface area contributed by atoms with Crippen molar-refractivity contribution in [2.24, 2.45) is 0 Å². The maximum absolute atomic E-state index is 3.04. The molecule has 1 aliphatic carbocycles. The van der Waals surface area contributed by atoms with E-state index < -0.39 is 0 Å². The van der Waals surface area contributed by atoms with Crippen LogP contribution in [0.5, 0.6) is 0 Å². The second-order valence-corrected chi connectivity index (χ2v) is 3.04. The molecule has 0 heteroatoms. The van der Waals surface area contributed by atoms with Crippen molar-refractivity contribution in [1.29, 1.82) is 0 Å². The Bertz CT molecular complexity index is 220.